The predicted molar refractivity (Wildman–Crippen MR) is 84.3 cm³/mol. The van der Waals surface area contributed by atoms with Crippen LogP contribution in [-0.2, 0) is 9.40 Å². The lowest BCUT2D eigenvalue weighted by Crippen LogP contribution is -2.19. The van der Waals surface area contributed by atoms with E-state index in [0.29, 0.717) is 0 Å². The van der Waals surface area contributed by atoms with Gasteiger partial charge in [-0.1, -0.05) is 31.8 Å². The van der Waals surface area contributed by atoms with Gasteiger partial charge in [0.05, 0.1) is 6.21 Å². The fourth-order valence-corrected chi connectivity index (χ4v) is 0.448. The van der Waals surface area contributed by atoms with E-state index >= 15 is 0 Å². The zero-order valence-corrected chi connectivity index (χ0v) is 14.6. The number of carbonyl (C=O) groups excluding carboxylic acids is 1. The second-order valence-electron chi connectivity index (χ2n) is 3.92. The van der Waals surface area contributed by atoms with E-state index in [2.05, 4.69) is 29.2 Å². The molecule has 0 aromatic carbocycles. The lowest BCUT2D eigenvalue weighted by Gasteiger charge is -2.13. The highest BCUT2D eigenvalue weighted by Gasteiger charge is 2.12. The Morgan fingerprint density at radius 2 is 1.80 bits per heavy atom. The number of nitrogens with one attached hydrogen (secondary N) is 1. The van der Waals surface area contributed by atoms with Crippen LogP contribution in [0, 0.1) is 0 Å². The lowest BCUT2D eigenvalue weighted by molar-refractivity contribution is 0.153. The van der Waals surface area contributed by atoms with Crippen molar-refractivity contribution in [2.75, 3.05) is 13.3 Å². The number of hydrogen-bond donors (Lipinski definition) is 3. The van der Waals surface area contributed by atoms with Gasteiger partial charge in [0.1, 0.15) is 0 Å². The van der Waals surface area contributed by atoms with Crippen molar-refractivity contribution in [2.45, 2.75) is 45.3 Å². The first kappa shape index (κ1) is 24.3. The molecule has 3 N–H and O–H groups in total. The van der Waals surface area contributed by atoms with E-state index in [9.17, 15) is 4.79 Å². The monoisotopic (exact) mass is 329 g/mol. The Kier molecular flexibility index (Phi) is 19.9. The standard InChI is InChI=1S/C7H14N2O2S.C4H10.HO3P/c1-7(2,12-4)5-9-11-6(10)8-3;1-3-4-2;1-4(2)3/h5H,1-4H3,(H,8,10);3-4H2,1-2H3;(H-,1,2,3)/p+1/b9-5+;;. The average molecular weight is 329 g/mol. The third kappa shape index (κ3) is 30.4. The quantitative estimate of drug-likeness (QED) is 0.317. The first-order chi connectivity index (χ1) is 9.16. The maximum atomic E-state index is 10.5. The van der Waals surface area contributed by atoms with Crippen LogP contribution in [0.25, 0.3) is 0 Å². The molecule has 0 aromatic rings. The third-order valence-electron chi connectivity index (χ3n) is 1.73. The zero-order valence-electron chi connectivity index (χ0n) is 12.9. The van der Waals surface area contributed by atoms with Crippen LogP contribution in [0.2, 0.25) is 0 Å². The number of amides is 1. The Labute approximate surface area is 126 Å². The molecule has 0 aromatic heterocycles. The average Bonchev–Trinajstić information content (AvgIpc) is 2.38. The summed E-state index contributed by atoms with van der Waals surface area (Å²) in [5.74, 6) is 0. The molecule has 0 bridgehead atoms. The molecule has 0 saturated heterocycles. The van der Waals surface area contributed by atoms with Crippen LogP contribution in [0.1, 0.15) is 40.5 Å². The van der Waals surface area contributed by atoms with E-state index in [-0.39, 0.29) is 4.75 Å². The van der Waals surface area contributed by atoms with Crippen LogP contribution in [0.15, 0.2) is 5.16 Å². The molecule has 0 aliphatic rings. The Morgan fingerprint density at radius 3 is 2.05 bits per heavy atom. The molecule has 120 valence electrons. The van der Waals surface area contributed by atoms with Crippen molar-refractivity contribution in [3.05, 3.63) is 0 Å². The maximum Gasteiger partial charge on any atom is 0.692 e. The Hall–Kier alpha value is -0.690. The number of thioether (sulfide) groups is 1. The first-order valence-corrected chi connectivity index (χ1v) is 8.39. The summed E-state index contributed by atoms with van der Waals surface area (Å²) in [6.45, 7) is 8.32. The molecule has 0 radical (unpaired) electrons. The molecule has 0 heterocycles. The van der Waals surface area contributed by atoms with Gasteiger partial charge in [-0.05, 0) is 20.1 Å². The first-order valence-electron chi connectivity index (χ1n) is 6.00. The van der Waals surface area contributed by atoms with Gasteiger partial charge in [0.25, 0.3) is 0 Å². The normalized spacial score (nSPS) is 9.80. The zero-order chi connectivity index (χ0) is 16.6. The summed E-state index contributed by atoms with van der Waals surface area (Å²) in [5, 5.41) is 5.81. The second-order valence-corrected chi connectivity index (χ2v) is 5.89. The number of hydrogen-bond acceptors (Lipinski definition) is 5. The Balaban J connectivity index is -0.000000297. The summed E-state index contributed by atoms with van der Waals surface area (Å²) in [6.07, 6.45) is 5.64. The Bertz CT molecular complexity index is 282. The maximum absolute atomic E-state index is 10.5. The summed E-state index contributed by atoms with van der Waals surface area (Å²) in [7, 11) is -1.39. The molecule has 0 atom stereocenters. The number of oxime groups is 1. The van der Waals surface area contributed by atoms with E-state index in [4.69, 9.17) is 14.4 Å². The van der Waals surface area contributed by atoms with Crippen molar-refractivity contribution in [3.8, 4) is 0 Å². The molecule has 0 spiro atoms. The molecular formula is C11H26N2O5PS+. The minimum Gasteiger partial charge on any atom is -0.323 e. The highest BCUT2D eigenvalue weighted by molar-refractivity contribution is 8.00. The third-order valence-corrected chi connectivity index (χ3v) is 2.89. The van der Waals surface area contributed by atoms with Crippen molar-refractivity contribution in [2.24, 2.45) is 5.16 Å². The van der Waals surface area contributed by atoms with Crippen LogP contribution in [0.3, 0.4) is 0 Å². The van der Waals surface area contributed by atoms with E-state index in [1.807, 2.05) is 20.1 Å². The molecular weight excluding hydrogens is 303 g/mol. The second kappa shape index (κ2) is 16.4. The smallest absolute Gasteiger partial charge is 0.323 e. The SMILES string of the molecule is CCCC.CNC(=O)O/N=C/C(C)(C)SC.O=[P+](O)O. The summed E-state index contributed by atoms with van der Waals surface area (Å²) < 4.78 is 8.60. The van der Waals surface area contributed by atoms with E-state index in [1.54, 1.807) is 18.0 Å². The van der Waals surface area contributed by atoms with Gasteiger partial charge >= 0.3 is 14.3 Å². The van der Waals surface area contributed by atoms with Gasteiger partial charge in [-0.15, -0.1) is 9.79 Å². The number of rotatable bonds is 4. The topological polar surface area (TPSA) is 108 Å². The highest BCUT2D eigenvalue weighted by Crippen LogP contribution is 2.17. The van der Waals surface area contributed by atoms with Crippen molar-refractivity contribution in [1.29, 1.82) is 0 Å². The van der Waals surface area contributed by atoms with Crippen molar-refractivity contribution >= 4 is 32.3 Å². The van der Waals surface area contributed by atoms with Crippen LogP contribution in [0.5, 0.6) is 0 Å². The largest absolute Gasteiger partial charge is 0.692 e. The lowest BCUT2D eigenvalue weighted by atomic mass is 10.2. The molecule has 20 heavy (non-hydrogen) atoms. The summed E-state index contributed by atoms with van der Waals surface area (Å²) in [4.78, 5) is 29.2. The molecule has 1 amide bonds. The molecule has 9 heteroatoms. The minimum absolute atomic E-state index is 0.103. The fraction of sp³-hybridized carbons (Fsp3) is 0.818. The molecule has 0 unspecified atom stereocenters. The Morgan fingerprint density at radius 1 is 1.40 bits per heavy atom. The predicted octanol–water partition coefficient (Wildman–Crippen LogP) is 2.90. The molecule has 0 rings (SSSR count). The van der Waals surface area contributed by atoms with Crippen LogP contribution < -0.4 is 5.32 Å². The molecule has 0 aliphatic heterocycles. The van der Waals surface area contributed by atoms with E-state index < -0.39 is 14.3 Å². The van der Waals surface area contributed by atoms with Crippen LogP contribution in [0.4, 0.5) is 4.79 Å². The minimum atomic E-state index is -2.87. The molecule has 7 nitrogen and oxygen atoms in total. The van der Waals surface area contributed by atoms with Gasteiger partial charge in [0.2, 0.25) is 0 Å². The number of unbranched alkanes of at least 4 members (excludes halogenated alkanes) is 1. The number of nitrogens with zero attached hydrogens (tertiary/aromatic N) is 1. The van der Waals surface area contributed by atoms with Gasteiger partial charge in [-0.2, -0.15) is 11.8 Å². The van der Waals surface area contributed by atoms with Gasteiger partial charge in [-0.25, -0.2) is 4.79 Å². The summed E-state index contributed by atoms with van der Waals surface area (Å²) in [6, 6.07) is 0. The van der Waals surface area contributed by atoms with E-state index in [1.165, 1.54) is 19.9 Å². The van der Waals surface area contributed by atoms with Gasteiger partial charge in [-0.3, -0.25) is 4.84 Å². The van der Waals surface area contributed by atoms with Gasteiger partial charge in [0, 0.05) is 16.4 Å². The molecule has 0 aliphatic carbocycles. The van der Waals surface area contributed by atoms with Crippen molar-refractivity contribution < 1.29 is 24.0 Å². The molecule has 0 fully saturated rings. The van der Waals surface area contributed by atoms with E-state index in [0.717, 1.165) is 0 Å². The van der Waals surface area contributed by atoms with Crippen LogP contribution >= 0.6 is 20.0 Å². The summed E-state index contributed by atoms with van der Waals surface area (Å²) in [5.41, 5.74) is 0. The summed E-state index contributed by atoms with van der Waals surface area (Å²) >= 11 is 1.63. The van der Waals surface area contributed by atoms with Crippen LogP contribution in [-0.4, -0.2) is 40.1 Å². The van der Waals surface area contributed by atoms with Crippen molar-refractivity contribution in [3.63, 3.8) is 0 Å². The molecule has 0 saturated carbocycles. The van der Waals surface area contributed by atoms with Gasteiger partial charge < -0.3 is 5.32 Å². The fourth-order valence-electron chi connectivity index (χ4n) is 0.299. The van der Waals surface area contributed by atoms with Gasteiger partial charge in [0.15, 0.2) is 0 Å². The highest BCUT2D eigenvalue weighted by atomic mass is 32.2. The van der Waals surface area contributed by atoms with Crippen molar-refractivity contribution in [1.82, 2.24) is 5.32 Å². The number of carbonyl (C=O) groups is 1.